The van der Waals surface area contributed by atoms with Gasteiger partial charge in [0, 0.05) is 0 Å². The molecule has 0 saturated carbocycles. The Morgan fingerprint density at radius 3 is 2.60 bits per heavy atom. The number of hydrogen-bond acceptors (Lipinski definition) is 2. The first-order chi connectivity index (χ1) is 9.88. The third kappa shape index (κ3) is 6.25. The number of allylic oxidation sites excluding steroid dienone is 2. The fraction of sp³-hybridized carbons (Fsp3) is 0.556. The van der Waals surface area contributed by atoms with Crippen LogP contribution >= 0.6 is 0 Å². The molecule has 2 heteroatoms. The predicted octanol–water partition coefficient (Wildman–Crippen LogP) is 4.53. The first kappa shape index (κ1) is 15.1. The number of benzene rings is 1. The minimum atomic E-state index is 0.326. The van der Waals surface area contributed by atoms with Crippen molar-refractivity contribution in [2.45, 2.75) is 51.6 Å². The molecule has 1 aliphatic heterocycles. The van der Waals surface area contributed by atoms with Crippen LogP contribution in [0.4, 0.5) is 0 Å². The molecule has 2 rings (SSSR count). The second-order valence-electron chi connectivity index (χ2n) is 5.42. The molecule has 0 aromatic heterocycles. The van der Waals surface area contributed by atoms with E-state index < -0.39 is 0 Å². The highest BCUT2D eigenvalue weighted by atomic mass is 16.6. The maximum Gasteiger partial charge on any atom is 0.119 e. The van der Waals surface area contributed by atoms with Crippen molar-refractivity contribution in [3.8, 4) is 5.75 Å². The second-order valence-corrected chi connectivity index (χ2v) is 5.42. The fourth-order valence-corrected chi connectivity index (χ4v) is 2.10. The van der Waals surface area contributed by atoms with Crippen molar-refractivity contribution in [3.05, 3.63) is 42.0 Å². The average molecular weight is 274 g/mol. The Kier molecular flexibility index (Phi) is 6.65. The molecule has 1 atom stereocenters. The first-order valence-corrected chi connectivity index (χ1v) is 7.87. The molecule has 2 nitrogen and oxygen atoms in total. The third-order valence-corrected chi connectivity index (χ3v) is 3.50. The van der Waals surface area contributed by atoms with E-state index in [1.807, 2.05) is 0 Å². The number of unbranched alkanes of at least 4 members (excludes halogenated alkanes) is 3. The van der Waals surface area contributed by atoms with E-state index in [0.717, 1.165) is 25.2 Å². The topological polar surface area (TPSA) is 21.8 Å². The molecule has 1 heterocycles. The SMILES string of the molecule is CCCCC/C=C/CCc1ccc(OCC2CO2)cc1. The molecular formula is C18H26O2. The van der Waals surface area contributed by atoms with Gasteiger partial charge in [-0.05, 0) is 43.4 Å². The summed E-state index contributed by atoms with van der Waals surface area (Å²) in [6.45, 7) is 3.78. The number of rotatable bonds is 10. The van der Waals surface area contributed by atoms with Crippen molar-refractivity contribution in [1.82, 2.24) is 0 Å². The summed E-state index contributed by atoms with van der Waals surface area (Å²) in [7, 11) is 0. The summed E-state index contributed by atoms with van der Waals surface area (Å²) in [5.41, 5.74) is 1.37. The molecule has 0 amide bonds. The van der Waals surface area contributed by atoms with Gasteiger partial charge in [-0.25, -0.2) is 0 Å². The minimum Gasteiger partial charge on any atom is -0.491 e. The Labute approximate surface area is 122 Å². The maximum absolute atomic E-state index is 5.63. The van der Waals surface area contributed by atoms with E-state index in [-0.39, 0.29) is 0 Å². The van der Waals surface area contributed by atoms with Gasteiger partial charge in [0.1, 0.15) is 18.5 Å². The van der Waals surface area contributed by atoms with Gasteiger partial charge in [-0.1, -0.05) is 44.1 Å². The standard InChI is InChI=1S/C18H26O2/c1-2-3-4-5-6-7-8-9-16-10-12-17(13-11-16)19-14-18-15-20-18/h6-7,10-13,18H,2-5,8-9,14-15H2,1H3/b7-6+. The quantitative estimate of drug-likeness (QED) is 0.355. The number of ether oxygens (including phenoxy) is 2. The van der Waals surface area contributed by atoms with Crippen molar-refractivity contribution in [2.24, 2.45) is 0 Å². The highest BCUT2D eigenvalue weighted by Crippen LogP contribution is 2.16. The van der Waals surface area contributed by atoms with Crippen LogP contribution in [-0.4, -0.2) is 19.3 Å². The summed E-state index contributed by atoms with van der Waals surface area (Å²) in [5.74, 6) is 0.944. The lowest BCUT2D eigenvalue weighted by Gasteiger charge is -2.05. The molecular weight excluding hydrogens is 248 g/mol. The van der Waals surface area contributed by atoms with Crippen LogP contribution in [0.25, 0.3) is 0 Å². The van der Waals surface area contributed by atoms with Crippen LogP contribution in [0.5, 0.6) is 5.75 Å². The molecule has 0 N–H and O–H groups in total. The van der Waals surface area contributed by atoms with Crippen LogP contribution in [0.2, 0.25) is 0 Å². The largest absolute Gasteiger partial charge is 0.491 e. The molecule has 1 aromatic carbocycles. The number of epoxide rings is 1. The molecule has 0 aliphatic carbocycles. The van der Waals surface area contributed by atoms with Gasteiger partial charge < -0.3 is 9.47 Å². The van der Waals surface area contributed by atoms with Crippen LogP contribution in [0.1, 0.15) is 44.6 Å². The summed E-state index contributed by atoms with van der Waals surface area (Å²) in [4.78, 5) is 0. The first-order valence-electron chi connectivity index (χ1n) is 7.87. The third-order valence-electron chi connectivity index (χ3n) is 3.50. The second kappa shape index (κ2) is 8.80. The Balaban J connectivity index is 1.60. The van der Waals surface area contributed by atoms with E-state index in [1.54, 1.807) is 0 Å². The van der Waals surface area contributed by atoms with Gasteiger partial charge in [-0.2, -0.15) is 0 Å². The summed E-state index contributed by atoms with van der Waals surface area (Å²) in [6.07, 6.45) is 12.4. The van der Waals surface area contributed by atoms with E-state index in [2.05, 4.69) is 43.3 Å². The van der Waals surface area contributed by atoms with Gasteiger partial charge in [0.05, 0.1) is 6.61 Å². The lowest BCUT2D eigenvalue weighted by Crippen LogP contribution is -2.03. The normalized spacial score (nSPS) is 17.6. The molecule has 1 unspecified atom stereocenters. The molecule has 110 valence electrons. The molecule has 0 spiro atoms. The minimum absolute atomic E-state index is 0.326. The summed E-state index contributed by atoms with van der Waals surface area (Å²) >= 11 is 0. The van der Waals surface area contributed by atoms with Crippen molar-refractivity contribution < 1.29 is 9.47 Å². The Morgan fingerprint density at radius 2 is 1.90 bits per heavy atom. The van der Waals surface area contributed by atoms with Gasteiger partial charge in [0.2, 0.25) is 0 Å². The predicted molar refractivity (Wildman–Crippen MR) is 83.3 cm³/mol. The number of aryl methyl sites for hydroxylation is 1. The zero-order valence-electron chi connectivity index (χ0n) is 12.5. The van der Waals surface area contributed by atoms with Crippen LogP contribution in [0, 0.1) is 0 Å². The van der Waals surface area contributed by atoms with Crippen LogP contribution in [0.15, 0.2) is 36.4 Å². The monoisotopic (exact) mass is 274 g/mol. The van der Waals surface area contributed by atoms with Gasteiger partial charge >= 0.3 is 0 Å². The maximum atomic E-state index is 5.63. The summed E-state index contributed by atoms with van der Waals surface area (Å²) < 4.78 is 10.7. The smallest absolute Gasteiger partial charge is 0.119 e. The zero-order chi connectivity index (χ0) is 14.0. The van der Waals surface area contributed by atoms with Crippen LogP contribution in [0.3, 0.4) is 0 Å². The van der Waals surface area contributed by atoms with Gasteiger partial charge in [-0.3, -0.25) is 0 Å². The summed E-state index contributed by atoms with van der Waals surface area (Å²) in [5, 5.41) is 0. The molecule has 0 bridgehead atoms. The van der Waals surface area contributed by atoms with E-state index >= 15 is 0 Å². The van der Waals surface area contributed by atoms with Gasteiger partial charge in [-0.15, -0.1) is 0 Å². The van der Waals surface area contributed by atoms with Gasteiger partial charge in [0.25, 0.3) is 0 Å². The lowest BCUT2D eigenvalue weighted by atomic mass is 10.1. The Hall–Kier alpha value is -1.28. The fourth-order valence-electron chi connectivity index (χ4n) is 2.10. The Morgan fingerprint density at radius 1 is 1.15 bits per heavy atom. The van der Waals surface area contributed by atoms with Gasteiger partial charge in [0.15, 0.2) is 0 Å². The average Bonchev–Trinajstić information content (AvgIpc) is 3.30. The van der Waals surface area contributed by atoms with Crippen molar-refractivity contribution in [3.63, 3.8) is 0 Å². The molecule has 0 radical (unpaired) electrons. The summed E-state index contributed by atoms with van der Waals surface area (Å²) in [6, 6.07) is 8.44. The highest BCUT2D eigenvalue weighted by Gasteiger charge is 2.22. The van der Waals surface area contributed by atoms with Crippen molar-refractivity contribution in [1.29, 1.82) is 0 Å². The molecule has 1 fully saturated rings. The zero-order valence-corrected chi connectivity index (χ0v) is 12.5. The molecule has 1 aromatic rings. The highest BCUT2D eigenvalue weighted by molar-refractivity contribution is 5.27. The van der Waals surface area contributed by atoms with Crippen LogP contribution < -0.4 is 4.74 Å². The lowest BCUT2D eigenvalue weighted by molar-refractivity contribution is 0.263. The molecule has 1 saturated heterocycles. The van der Waals surface area contributed by atoms with Crippen molar-refractivity contribution >= 4 is 0 Å². The Bertz CT molecular complexity index is 390. The van der Waals surface area contributed by atoms with E-state index in [4.69, 9.17) is 9.47 Å². The van der Waals surface area contributed by atoms with E-state index in [0.29, 0.717) is 12.7 Å². The van der Waals surface area contributed by atoms with Crippen LogP contribution in [-0.2, 0) is 11.2 Å². The molecule has 20 heavy (non-hydrogen) atoms. The van der Waals surface area contributed by atoms with Crippen molar-refractivity contribution in [2.75, 3.05) is 13.2 Å². The molecule has 1 aliphatic rings. The van der Waals surface area contributed by atoms with E-state index in [9.17, 15) is 0 Å². The van der Waals surface area contributed by atoms with E-state index in [1.165, 1.54) is 31.2 Å². The number of hydrogen-bond donors (Lipinski definition) is 0.